The van der Waals surface area contributed by atoms with E-state index in [9.17, 15) is 13.2 Å². The molecule has 1 aromatic carbocycles. The summed E-state index contributed by atoms with van der Waals surface area (Å²) in [5, 5.41) is 0.0726. The molecule has 0 radical (unpaired) electrons. The highest BCUT2D eigenvalue weighted by atomic mass is 32.2. The highest BCUT2D eigenvalue weighted by Crippen LogP contribution is 2.25. The Balaban J connectivity index is 1.60. The quantitative estimate of drug-likeness (QED) is 0.603. The van der Waals surface area contributed by atoms with Crippen LogP contribution >= 0.6 is 0 Å². The van der Waals surface area contributed by atoms with Gasteiger partial charge in [0.1, 0.15) is 5.82 Å². The van der Waals surface area contributed by atoms with Crippen molar-refractivity contribution in [3.8, 4) is 0 Å². The number of benzene rings is 1. The lowest BCUT2D eigenvalue weighted by Crippen LogP contribution is -2.45. The Bertz CT molecular complexity index is 958. The fourth-order valence-corrected chi connectivity index (χ4v) is 5.24. The zero-order valence-corrected chi connectivity index (χ0v) is 18.5. The van der Waals surface area contributed by atoms with Gasteiger partial charge in [-0.1, -0.05) is 36.4 Å². The molecule has 8 heteroatoms. The minimum Gasteiger partial charge on any atom is -0.338 e. The normalized spacial score (nSPS) is 15.8. The fraction of sp³-hybridized carbons (Fsp3) is 0.455. The third-order valence-corrected chi connectivity index (χ3v) is 7.44. The third kappa shape index (κ3) is 4.99. The van der Waals surface area contributed by atoms with E-state index in [1.807, 2.05) is 23.1 Å². The summed E-state index contributed by atoms with van der Waals surface area (Å²) in [6, 6.07) is 10.1. The number of carbonyl (C=O) groups excluding carboxylic acids is 1. The van der Waals surface area contributed by atoms with Crippen molar-refractivity contribution in [2.45, 2.75) is 31.2 Å². The number of hydrogen-bond acceptors (Lipinski definition) is 4. The van der Waals surface area contributed by atoms with Crippen LogP contribution in [0, 0.1) is 12.8 Å². The molecule has 0 spiro atoms. The molecule has 1 amide bonds. The number of sulfonamides is 1. The van der Waals surface area contributed by atoms with E-state index < -0.39 is 10.0 Å². The standard InChI is InChI=1S/C22H30N4O3S/c1-4-13-25(14-10-19-8-6-5-7-9-19)22(27)20-11-15-26(16-12-20)30(28,29)21-17-24(3)18(2)23-21/h4-9,17,20H,1,10-16H2,2-3H3. The van der Waals surface area contributed by atoms with E-state index in [0.717, 1.165) is 6.42 Å². The van der Waals surface area contributed by atoms with Gasteiger partial charge in [0.25, 0.3) is 10.0 Å². The molecule has 1 aliphatic heterocycles. The van der Waals surface area contributed by atoms with Gasteiger partial charge in [-0.2, -0.15) is 4.31 Å². The molecular formula is C22H30N4O3S. The van der Waals surface area contributed by atoms with Gasteiger partial charge in [-0.25, -0.2) is 13.4 Å². The molecule has 3 rings (SSSR count). The summed E-state index contributed by atoms with van der Waals surface area (Å²) in [4.78, 5) is 19.1. The summed E-state index contributed by atoms with van der Waals surface area (Å²) < 4.78 is 28.9. The maximum absolute atomic E-state index is 13.1. The van der Waals surface area contributed by atoms with Gasteiger partial charge in [-0.05, 0) is 31.7 Å². The first-order valence-electron chi connectivity index (χ1n) is 10.3. The van der Waals surface area contributed by atoms with Crippen molar-refractivity contribution in [1.82, 2.24) is 18.8 Å². The number of imidazole rings is 1. The Morgan fingerprint density at radius 2 is 1.93 bits per heavy atom. The van der Waals surface area contributed by atoms with Crippen molar-refractivity contribution < 1.29 is 13.2 Å². The molecule has 7 nitrogen and oxygen atoms in total. The Morgan fingerprint density at radius 1 is 1.27 bits per heavy atom. The number of aromatic nitrogens is 2. The summed E-state index contributed by atoms with van der Waals surface area (Å²) in [5.41, 5.74) is 1.19. The minimum atomic E-state index is -3.63. The van der Waals surface area contributed by atoms with E-state index in [1.165, 1.54) is 16.1 Å². The largest absolute Gasteiger partial charge is 0.338 e. The van der Waals surface area contributed by atoms with Crippen LogP contribution in [-0.4, -0.2) is 59.3 Å². The second-order valence-corrected chi connectivity index (χ2v) is 9.61. The lowest BCUT2D eigenvalue weighted by molar-refractivity contribution is -0.136. The average molecular weight is 431 g/mol. The molecular weight excluding hydrogens is 400 g/mol. The van der Waals surface area contributed by atoms with Gasteiger partial charge in [0.15, 0.2) is 5.03 Å². The summed E-state index contributed by atoms with van der Waals surface area (Å²) in [7, 11) is -1.86. The minimum absolute atomic E-state index is 0.0726. The number of rotatable bonds is 8. The Labute approximate surface area is 179 Å². The molecule has 30 heavy (non-hydrogen) atoms. The Hall–Kier alpha value is -2.45. The van der Waals surface area contributed by atoms with Gasteiger partial charge >= 0.3 is 0 Å². The van der Waals surface area contributed by atoms with Gasteiger partial charge in [-0.3, -0.25) is 4.79 Å². The Kier molecular flexibility index (Phi) is 7.10. The predicted octanol–water partition coefficient (Wildman–Crippen LogP) is 2.39. The molecule has 0 bridgehead atoms. The number of piperidine rings is 1. The van der Waals surface area contributed by atoms with E-state index in [4.69, 9.17) is 0 Å². The smallest absolute Gasteiger partial charge is 0.262 e. The highest BCUT2D eigenvalue weighted by molar-refractivity contribution is 7.89. The molecule has 0 N–H and O–H groups in total. The highest BCUT2D eigenvalue weighted by Gasteiger charge is 2.34. The zero-order valence-electron chi connectivity index (χ0n) is 17.7. The molecule has 162 valence electrons. The van der Waals surface area contributed by atoms with Crippen molar-refractivity contribution >= 4 is 15.9 Å². The summed E-state index contributed by atoms with van der Waals surface area (Å²) >= 11 is 0. The fourth-order valence-electron chi connectivity index (χ4n) is 3.74. The molecule has 1 fully saturated rings. The molecule has 2 aromatic rings. The maximum Gasteiger partial charge on any atom is 0.262 e. The molecule has 0 saturated carbocycles. The van der Waals surface area contributed by atoms with Crippen LogP contribution in [-0.2, 0) is 28.3 Å². The number of nitrogens with zero attached hydrogens (tertiary/aromatic N) is 4. The van der Waals surface area contributed by atoms with Gasteiger partial charge < -0.3 is 9.47 Å². The molecule has 1 aliphatic rings. The average Bonchev–Trinajstić information content (AvgIpc) is 3.10. The van der Waals surface area contributed by atoms with Crippen LogP contribution < -0.4 is 0 Å². The van der Waals surface area contributed by atoms with E-state index >= 15 is 0 Å². The predicted molar refractivity (Wildman–Crippen MR) is 116 cm³/mol. The monoisotopic (exact) mass is 430 g/mol. The van der Waals surface area contributed by atoms with Crippen LogP contribution in [0.2, 0.25) is 0 Å². The number of amides is 1. The molecule has 0 atom stereocenters. The van der Waals surface area contributed by atoms with Gasteiger partial charge in [0.2, 0.25) is 5.91 Å². The van der Waals surface area contributed by atoms with Crippen molar-refractivity contribution in [2.24, 2.45) is 13.0 Å². The van der Waals surface area contributed by atoms with Crippen LogP contribution in [0.3, 0.4) is 0 Å². The molecule has 2 heterocycles. The van der Waals surface area contributed by atoms with E-state index in [0.29, 0.717) is 44.8 Å². The van der Waals surface area contributed by atoms with Crippen molar-refractivity contribution in [3.63, 3.8) is 0 Å². The summed E-state index contributed by atoms with van der Waals surface area (Å²) in [6.45, 7) is 7.33. The Morgan fingerprint density at radius 3 is 2.50 bits per heavy atom. The van der Waals surface area contributed by atoms with Crippen molar-refractivity contribution in [1.29, 1.82) is 0 Å². The maximum atomic E-state index is 13.1. The molecule has 0 aliphatic carbocycles. The van der Waals surface area contributed by atoms with Gasteiger partial charge in [0.05, 0.1) is 0 Å². The lowest BCUT2D eigenvalue weighted by atomic mass is 9.96. The molecule has 1 saturated heterocycles. The second kappa shape index (κ2) is 9.57. The lowest BCUT2D eigenvalue weighted by Gasteiger charge is -2.33. The molecule has 1 aromatic heterocycles. The topological polar surface area (TPSA) is 75.5 Å². The van der Waals surface area contributed by atoms with Crippen LogP contribution in [0.4, 0.5) is 0 Å². The van der Waals surface area contributed by atoms with Crippen LogP contribution in [0.15, 0.2) is 54.2 Å². The number of aryl methyl sites for hydroxylation is 2. The molecule has 0 unspecified atom stereocenters. The van der Waals surface area contributed by atoms with E-state index in [2.05, 4.69) is 23.7 Å². The first-order valence-corrected chi connectivity index (χ1v) is 11.7. The zero-order chi connectivity index (χ0) is 21.7. The van der Waals surface area contributed by atoms with E-state index in [-0.39, 0.29) is 16.9 Å². The summed E-state index contributed by atoms with van der Waals surface area (Å²) in [6.07, 6.45) is 5.10. The van der Waals surface area contributed by atoms with Crippen LogP contribution in [0.25, 0.3) is 0 Å². The second-order valence-electron chi connectivity index (χ2n) is 7.72. The third-order valence-electron chi connectivity index (χ3n) is 5.67. The number of hydrogen-bond donors (Lipinski definition) is 0. The van der Waals surface area contributed by atoms with Crippen LogP contribution in [0.5, 0.6) is 0 Å². The number of carbonyl (C=O) groups is 1. The summed E-state index contributed by atoms with van der Waals surface area (Å²) in [5.74, 6) is 0.561. The van der Waals surface area contributed by atoms with Crippen molar-refractivity contribution in [2.75, 3.05) is 26.2 Å². The van der Waals surface area contributed by atoms with Gasteiger partial charge in [0, 0.05) is 45.3 Å². The van der Waals surface area contributed by atoms with Crippen molar-refractivity contribution in [3.05, 3.63) is 60.6 Å². The SMILES string of the molecule is C=CCN(CCc1ccccc1)C(=O)C1CCN(S(=O)(=O)c2cn(C)c(C)n2)CC1. The van der Waals surface area contributed by atoms with Gasteiger partial charge in [-0.15, -0.1) is 6.58 Å². The van der Waals surface area contributed by atoms with E-state index in [1.54, 1.807) is 24.6 Å². The first kappa shape index (κ1) is 22.2. The van der Waals surface area contributed by atoms with Crippen LogP contribution in [0.1, 0.15) is 24.2 Å². The first-order chi connectivity index (χ1) is 14.3.